The molecule has 0 spiro atoms. The van der Waals surface area contributed by atoms with E-state index in [9.17, 15) is 23.6 Å². The highest BCUT2D eigenvalue weighted by Crippen LogP contribution is 2.30. The number of rotatable bonds is 6. The minimum Gasteiger partial charge on any atom is -0.483 e. The minimum absolute atomic E-state index is 0.0348. The molecule has 11 heteroatoms. The van der Waals surface area contributed by atoms with Gasteiger partial charge in [-0.3, -0.25) is 4.79 Å². The average Bonchev–Trinajstić information content (AvgIpc) is 3.11. The molecule has 182 valence electrons. The van der Waals surface area contributed by atoms with Gasteiger partial charge in [0, 0.05) is 44.3 Å². The maximum Gasteiger partial charge on any atom is 0.309 e. The number of aliphatic hydroxyl groups is 2. The molecule has 4 rings (SSSR count). The number of ether oxygens (including phenoxy) is 1. The van der Waals surface area contributed by atoms with E-state index in [0.29, 0.717) is 37.6 Å². The number of hydrazine groups is 1. The van der Waals surface area contributed by atoms with Crippen molar-refractivity contribution in [3.8, 4) is 0 Å². The van der Waals surface area contributed by atoms with E-state index in [2.05, 4.69) is 5.43 Å². The topological polar surface area (TPSA) is 106 Å². The number of halogens is 1. The number of hydrogen-bond donors (Lipinski definition) is 3. The Morgan fingerprint density at radius 1 is 1.15 bits per heavy atom. The van der Waals surface area contributed by atoms with Gasteiger partial charge in [-0.15, -0.1) is 0 Å². The van der Waals surface area contributed by atoms with E-state index >= 15 is 0 Å². The highest BCUT2D eigenvalue weighted by Gasteiger charge is 2.39. The van der Waals surface area contributed by atoms with E-state index in [4.69, 9.17) is 4.74 Å². The average molecular weight is 483 g/mol. The molecule has 0 radical (unpaired) electrons. The Morgan fingerprint density at radius 3 is 2.42 bits per heavy atom. The van der Waals surface area contributed by atoms with Crippen LogP contribution in [0.4, 0.5) is 10.1 Å². The van der Waals surface area contributed by atoms with Gasteiger partial charge in [0.25, 0.3) is 0 Å². The molecular formula is C22H31FN4O5S. The molecule has 3 atom stereocenters. The van der Waals surface area contributed by atoms with Crippen LogP contribution >= 0.6 is 0 Å². The van der Waals surface area contributed by atoms with Crippen molar-refractivity contribution in [1.29, 1.82) is 0 Å². The van der Waals surface area contributed by atoms with Crippen molar-refractivity contribution < 1.29 is 28.3 Å². The molecule has 3 aliphatic rings. The Labute approximate surface area is 195 Å². The molecule has 3 unspecified atom stereocenters. The molecular weight excluding hydrogens is 451 g/mol. The lowest BCUT2D eigenvalue weighted by atomic mass is 10.2. The molecule has 0 aromatic heterocycles. The zero-order valence-electron chi connectivity index (χ0n) is 18.8. The molecule has 1 amide bonds. The summed E-state index contributed by atoms with van der Waals surface area (Å²) < 4.78 is 34.2. The van der Waals surface area contributed by atoms with E-state index in [-0.39, 0.29) is 30.4 Å². The lowest BCUT2D eigenvalue weighted by Crippen LogP contribution is -2.55. The van der Waals surface area contributed by atoms with Crippen molar-refractivity contribution in [1.82, 2.24) is 14.6 Å². The molecule has 2 fully saturated rings. The molecule has 1 saturated carbocycles. The van der Waals surface area contributed by atoms with Crippen LogP contribution in [0.3, 0.4) is 0 Å². The van der Waals surface area contributed by atoms with Gasteiger partial charge in [0.2, 0.25) is 5.76 Å². The molecule has 0 bridgehead atoms. The first-order valence-electron chi connectivity index (χ1n) is 11.2. The van der Waals surface area contributed by atoms with Gasteiger partial charge in [0.15, 0.2) is 0 Å². The third kappa shape index (κ3) is 5.22. The summed E-state index contributed by atoms with van der Waals surface area (Å²) in [6, 6.07) is 5.71. The van der Waals surface area contributed by atoms with Crippen molar-refractivity contribution in [3.05, 3.63) is 41.5 Å². The number of anilines is 1. The summed E-state index contributed by atoms with van der Waals surface area (Å²) >= 11 is 0. The molecule has 2 aliphatic heterocycles. The standard InChI is InChI=1S/C22H31FN4O5S/c1-14(2)33(31)26-8-6-25(7-9-26)18-13-24-27(16-5-3-4-15(23)10-16)22(30)21(18)32-17-11-19(28)20(29)12-17/h3-5,10,14,17,19-20,24,28-29H,6-9,11-13H2,1-2H3. The molecule has 33 heavy (non-hydrogen) atoms. The van der Waals surface area contributed by atoms with E-state index in [1.165, 1.54) is 23.2 Å². The first-order chi connectivity index (χ1) is 15.7. The number of amides is 1. The van der Waals surface area contributed by atoms with Crippen LogP contribution in [0.1, 0.15) is 26.7 Å². The van der Waals surface area contributed by atoms with Crippen LogP contribution in [0, 0.1) is 5.82 Å². The van der Waals surface area contributed by atoms with E-state index in [0.717, 1.165) is 0 Å². The number of nitrogens with zero attached hydrogens (tertiary/aromatic N) is 3. The van der Waals surface area contributed by atoms with Gasteiger partial charge < -0.3 is 19.8 Å². The Hall–Kier alpha value is -2.05. The summed E-state index contributed by atoms with van der Waals surface area (Å²) in [6.07, 6.45) is -1.86. The van der Waals surface area contributed by atoms with E-state index in [1.807, 2.05) is 23.1 Å². The summed E-state index contributed by atoms with van der Waals surface area (Å²) in [5, 5.41) is 21.1. The molecule has 2 heterocycles. The first kappa shape index (κ1) is 24.1. The Morgan fingerprint density at radius 2 is 1.82 bits per heavy atom. The monoisotopic (exact) mass is 482 g/mol. The minimum atomic E-state index is -1.06. The van der Waals surface area contributed by atoms with Crippen LogP contribution < -0.4 is 10.4 Å². The van der Waals surface area contributed by atoms with Gasteiger partial charge in [-0.2, -0.15) is 0 Å². The van der Waals surface area contributed by atoms with Crippen molar-refractivity contribution in [3.63, 3.8) is 0 Å². The number of benzene rings is 1. The van der Waals surface area contributed by atoms with Gasteiger partial charge in [0.05, 0.1) is 41.1 Å². The van der Waals surface area contributed by atoms with Gasteiger partial charge in [-0.25, -0.2) is 23.3 Å². The van der Waals surface area contributed by atoms with Crippen molar-refractivity contribution >= 4 is 22.6 Å². The number of carbonyl (C=O) groups excluding carboxylic acids is 1. The number of aliphatic hydroxyl groups excluding tert-OH is 2. The fourth-order valence-corrected chi connectivity index (χ4v) is 5.50. The van der Waals surface area contributed by atoms with Crippen LogP contribution in [0.2, 0.25) is 0 Å². The summed E-state index contributed by atoms with van der Waals surface area (Å²) in [7, 11) is -1.06. The van der Waals surface area contributed by atoms with Crippen LogP contribution in [-0.2, 0) is 20.5 Å². The fraction of sp³-hybridized carbons (Fsp3) is 0.591. The number of hydrogen-bond acceptors (Lipinski definition) is 7. The molecule has 1 saturated heterocycles. The summed E-state index contributed by atoms with van der Waals surface area (Å²) in [5.41, 5.74) is 4.07. The van der Waals surface area contributed by atoms with Crippen LogP contribution in [0.15, 0.2) is 35.7 Å². The van der Waals surface area contributed by atoms with Gasteiger partial charge in [-0.05, 0) is 32.0 Å². The lowest BCUT2D eigenvalue weighted by Gasteiger charge is -2.40. The SMILES string of the molecule is CC(C)S(=O)N1CCN(C2=C(OC3CC(O)C(O)C3)C(=O)N(c3cccc(F)c3)NC2)CC1. The van der Waals surface area contributed by atoms with E-state index < -0.39 is 41.0 Å². The molecule has 1 aromatic rings. The smallest absolute Gasteiger partial charge is 0.309 e. The number of carbonyl (C=O) groups is 1. The van der Waals surface area contributed by atoms with Crippen LogP contribution in [0.5, 0.6) is 0 Å². The molecule has 1 aliphatic carbocycles. The lowest BCUT2D eigenvalue weighted by molar-refractivity contribution is -0.121. The highest BCUT2D eigenvalue weighted by molar-refractivity contribution is 7.83. The summed E-state index contributed by atoms with van der Waals surface area (Å²) in [6.45, 7) is 6.45. The first-order valence-corrected chi connectivity index (χ1v) is 12.4. The third-order valence-corrected chi connectivity index (χ3v) is 7.83. The van der Waals surface area contributed by atoms with Crippen molar-refractivity contribution in [2.75, 3.05) is 37.7 Å². The maximum atomic E-state index is 13.8. The third-order valence-electron chi connectivity index (χ3n) is 6.15. The Kier molecular flexibility index (Phi) is 7.34. The van der Waals surface area contributed by atoms with E-state index in [1.54, 1.807) is 6.07 Å². The normalized spacial score (nSPS) is 28.1. The predicted octanol–water partition coefficient (Wildman–Crippen LogP) is 0.479. The largest absolute Gasteiger partial charge is 0.483 e. The zero-order valence-corrected chi connectivity index (χ0v) is 19.6. The Balaban J connectivity index is 1.58. The zero-order chi connectivity index (χ0) is 23.7. The maximum absolute atomic E-state index is 13.8. The molecule has 9 nitrogen and oxygen atoms in total. The quantitative estimate of drug-likeness (QED) is 0.542. The van der Waals surface area contributed by atoms with Crippen LogP contribution in [-0.4, -0.2) is 85.8 Å². The van der Waals surface area contributed by atoms with Crippen molar-refractivity contribution in [2.45, 2.75) is 50.3 Å². The second-order valence-corrected chi connectivity index (χ2v) is 10.8. The fourth-order valence-electron chi connectivity index (χ4n) is 4.38. The predicted molar refractivity (Wildman–Crippen MR) is 121 cm³/mol. The highest BCUT2D eigenvalue weighted by atomic mass is 32.2. The summed E-state index contributed by atoms with van der Waals surface area (Å²) in [5.74, 6) is -0.802. The number of piperazine rings is 1. The molecule has 1 aromatic carbocycles. The van der Waals surface area contributed by atoms with Crippen LogP contribution in [0.25, 0.3) is 0 Å². The van der Waals surface area contributed by atoms with Gasteiger partial charge in [-0.1, -0.05) is 6.07 Å². The Bertz CT molecular complexity index is 927. The second kappa shape index (κ2) is 10.1. The number of nitrogens with one attached hydrogen (secondary N) is 1. The second-order valence-electron chi connectivity index (χ2n) is 8.82. The van der Waals surface area contributed by atoms with Gasteiger partial charge >= 0.3 is 5.91 Å². The molecule has 3 N–H and O–H groups in total. The van der Waals surface area contributed by atoms with Gasteiger partial charge in [0.1, 0.15) is 11.9 Å². The van der Waals surface area contributed by atoms with Crippen molar-refractivity contribution in [2.24, 2.45) is 0 Å². The summed E-state index contributed by atoms with van der Waals surface area (Å²) in [4.78, 5) is 15.5.